The Balaban J connectivity index is 2.44. The van der Waals surface area contributed by atoms with Gasteiger partial charge in [0.25, 0.3) is 0 Å². The lowest BCUT2D eigenvalue weighted by Gasteiger charge is -2.40. The Hall–Kier alpha value is -1.23. The number of methoxy groups -OCH3 is 1. The minimum Gasteiger partial charge on any atom is -0.496 e. The Morgan fingerprint density at radius 3 is 2.30 bits per heavy atom. The molecule has 0 aromatic heterocycles. The summed E-state index contributed by atoms with van der Waals surface area (Å²) in [7, 11) is 1.50. The maximum atomic E-state index is 13.9. The Labute approximate surface area is 117 Å². The number of hydrogen-bond acceptors (Lipinski definition) is 2. The van der Waals surface area contributed by atoms with Crippen molar-refractivity contribution in [3.8, 4) is 5.75 Å². The van der Waals surface area contributed by atoms with Gasteiger partial charge in [0, 0.05) is 30.4 Å². The van der Waals surface area contributed by atoms with Gasteiger partial charge < -0.3 is 10.5 Å². The van der Waals surface area contributed by atoms with Gasteiger partial charge in [0.05, 0.1) is 7.11 Å². The highest BCUT2D eigenvalue weighted by Gasteiger charge is 2.45. The molecule has 0 bridgehead atoms. The van der Waals surface area contributed by atoms with Crippen LogP contribution in [0.25, 0.3) is 0 Å². The Bertz CT molecular complexity index is 492. The first-order valence-electron chi connectivity index (χ1n) is 6.76. The van der Waals surface area contributed by atoms with Gasteiger partial charge >= 0.3 is 0 Å². The Kier molecular flexibility index (Phi) is 4.00. The predicted octanol–water partition coefficient (Wildman–Crippen LogP) is 3.55. The topological polar surface area (TPSA) is 35.2 Å². The molecule has 0 unspecified atom stereocenters. The molecule has 0 atom stereocenters. The summed E-state index contributed by atoms with van der Waals surface area (Å²) in [5.74, 6) is -2.47. The van der Waals surface area contributed by atoms with Gasteiger partial charge in [-0.3, -0.25) is 0 Å². The third-order valence-corrected chi connectivity index (χ3v) is 4.38. The average molecular weight is 287 g/mol. The van der Waals surface area contributed by atoms with Gasteiger partial charge in [-0.1, -0.05) is 0 Å². The fourth-order valence-electron chi connectivity index (χ4n) is 2.92. The van der Waals surface area contributed by atoms with Crippen molar-refractivity contribution in [3.63, 3.8) is 0 Å². The van der Waals surface area contributed by atoms with Crippen LogP contribution >= 0.6 is 0 Å². The van der Waals surface area contributed by atoms with Crippen LogP contribution in [-0.2, 0) is 5.41 Å². The molecule has 0 saturated heterocycles. The molecule has 0 heterocycles. The average Bonchev–Trinajstić information content (AvgIpc) is 2.42. The van der Waals surface area contributed by atoms with Crippen molar-refractivity contribution >= 4 is 0 Å². The van der Waals surface area contributed by atoms with E-state index in [9.17, 15) is 13.2 Å². The van der Waals surface area contributed by atoms with Crippen molar-refractivity contribution in [1.29, 1.82) is 0 Å². The third kappa shape index (κ3) is 2.64. The summed E-state index contributed by atoms with van der Waals surface area (Å²) in [5, 5.41) is 0. The van der Waals surface area contributed by atoms with Crippen LogP contribution in [0.3, 0.4) is 0 Å². The number of ether oxygens (including phenoxy) is 1. The molecule has 0 radical (unpaired) electrons. The van der Waals surface area contributed by atoms with Crippen molar-refractivity contribution in [2.24, 2.45) is 5.73 Å². The maximum Gasteiger partial charge on any atom is 0.248 e. The molecule has 0 spiro atoms. The molecule has 20 heavy (non-hydrogen) atoms. The van der Waals surface area contributed by atoms with Crippen LogP contribution < -0.4 is 10.5 Å². The van der Waals surface area contributed by atoms with Crippen LogP contribution in [0.5, 0.6) is 5.75 Å². The number of halogens is 3. The van der Waals surface area contributed by atoms with Crippen LogP contribution in [0.4, 0.5) is 13.2 Å². The highest BCUT2D eigenvalue weighted by molar-refractivity contribution is 5.44. The largest absolute Gasteiger partial charge is 0.496 e. The Morgan fingerprint density at radius 2 is 1.80 bits per heavy atom. The fraction of sp³-hybridized carbons (Fsp3) is 0.600. The van der Waals surface area contributed by atoms with Crippen LogP contribution in [0.15, 0.2) is 12.1 Å². The van der Waals surface area contributed by atoms with E-state index in [0.29, 0.717) is 16.9 Å². The number of rotatable bonds is 3. The molecule has 2 N–H and O–H groups in total. The lowest BCUT2D eigenvalue weighted by molar-refractivity contribution is -0.0511. The molecule has 0 aliphatic heterocycles. The zero-order valence-electron chi connectivity index (χ0n) is 11.8. The highest BCUT2D eigenvalue weighted by Crippen LogP contribution is 2.47. The van der Waals surface area contributed by atoms with Crippen molar-refractivity contribution in [1.82, 2.24) is 0 Å². The lowest BCUT2D eigenvalue weighted by atomic mass is 9.68. The first-order valence-corrected chi connectivity index (χ1v) is 6.76. The standard InChI is InChI=1S/C15H20F3NO/c1-10-7-13(20-2)11(8-12(10)16)14(9-19)3-5-15(17,18)6-4-14/h7-8H,3-6,9,19H2,1-2H3. The number of nitrogens with two attached hydrogens (primary N) is 1. The summed E-state index contributed by atoms with van der Waals surface area (Å²) in [6, 6.07) is 3.00. The maximum absolute atomic E-state index is 13.9. The van der Waals surface area contributed by atoms with E-state index < -0.39 is 11.3 Å². The van der Waals surface area contributed by atoms with Gasteiger partial charge in [0.15, 0.2) is 0 Å². The number of hydrogen-bond donors (Lipinski definition) is 1. The van der Waals surface area contributed by atoms with E-state index in [1.54, 1.807) is 13.0 Å². The van der Waals surface area contributed by atoms with Crippen LogP contribution in [-0.4, -0.2) is 19.6 Å². The zero-order valence-corrected chi connectivity index (χ0v) is 11.8. The quantitative estimate of drug-likeness (QED) is 0.922. The highest BCUT2D eigenvalue weighted by atomic mass is 19.3. The van der Waals surface area contributed by atoms with Crippen LogP contribution in [0.2, 0.25) is 0 Å². The first kappa shape index (κ1) is 15.2. The van der Waals surface area contributed by atoms with Gasteiger partial charge in [0.1, 0.15) is 11.6 Å². The lowest BCUT2D eigenvalue weighted by Crippen LogP contribution is -2.42. The van der Waals surface area contributed by atoms with E-state index in [-0.39, 0.29) is 38.0 Å². The normalized spacial score (nSPS) is 20.7. The van der Waals surface area contributed by atoms with Gasteiger partial charge in [-0.2, -0.15) is 0 Å². The summed E-state index contributed by atoms with van der Waals surface area (Å²) >= 11 is 0. The SMILES string of the molecule is COc1cc(C)c(F)cc1C1(CN)CCC(F)(F)CC1. The molecule has 5 heteroatoms. The van der Waals surface area contributed by atoms with E-state index in [1.807, 2.05) is 0 Å². The second-order valence-corrected chi connectivity index (χ2v) is 5.64. The minimum absolute atomic E-state index is 0.210. The summed E-state index contributed by atoms with van der Waals surface area (Å²) in [4.78, 5) is 0. The van der Waals surface area contributed by atoms with E-state index in [0.717, 1.165) is 0 Å². The van der Waals surface area contributed by atoms with Crippen molar-refractivity contribution < 1.29 is 17.9 Å². The molecule has 1 aliphatic rings. The minimum atomic E-state index is -2.64. The van der Waals surface area contributed by atoms with Gasteiger partial charge in [-0.25, -0.2) is 13.2 Å². The smallest absolute Gasteiger partial charge is 0.248 e. The van der Waals surface area contributed by atoms with Crippen molar-refractivity contribution in [2.75, 3.05) is 13.7 Å². The Morgan fingerprint density at radius 1 is 1.20 bits per heavy atom. The third-order valence-electron chi connectivity index (χ3n) is 4.38. The van der Waals surface area contributed by atoms with E-state index in [2.05, 4.69) is 0 Å². The number of benzene rings is 1. The van der Waals surface area contributed by atoms with Gasteiger partial charge in [-0.05, 0) is 37.5 Å². The van der Waals surface area contributed by atoms with Crippen molar-refractivity contribution in [3.05, 3.63) is 29.1 Å². The number of alkyl halides is 2. The monoisotopic (exact) mass is 287 g/mol. The zero-order chi connectivity index (χ0) is 15.0. The molecular weight excluding hydrogens is 267 g/mol. The molecule has 1 aromatic rings. The molecular formula is C15H20F3NO. The molecule has 2 rings (SSSR count). The summed E-state index contributed by atoms with van der Waals surface area (Å²) in [5.41, 5.74) is 6.31. The molecule has 1 fully saturated rings. The first-order chi connectivity index (χ1) is 9.33. The molecule has 112 valence electrons. The molecule has 1 aliphatic carbocycles. The second kappa shape index (κ2) is 5.28. The summed E-state index contributed by atoms with van der Waals surface area (Å²) < 4.78 is 45.9. The van der Waals surface area contributed by atoms with Gasteiger partial charge in [-0.15, -0.1) is 0 Å². The van der Waals surface area contributed by atoms with E-state index in [4.69, 9.17) is 10.5 Å². The molecule has 2 nitrogen and oxygen atoms in total. The van der Waals surface area contributed by atoms with Crippen LogP contribution in [0, 0.1) is 12.7 Å². The second-order valence-electron chi connectivity index (χ2n) is 5.64. The van der Waals surface area contributed by atoms with E-state index in [1.165, 1.54) is 13.2 Å². The molecule has 1 aromatic carbocycles. The number of aryl methyl sites for hydroxylation is 1. The van der Waals surface area contributed by atoms with Crippen molar-refractivity contribution in [2.45, 2.75) is 43.9 Å². The predicted molar refractivity (Wildman–Crippen MR) is 71.8 cm³/mol. The van der Waals surface area contributed by atoms with Gasteiger partial charge in [0.2, 0.25) is 5.92 Å². The van der Waals surface area contributed by atoms with Crippen LogP contribution in [0.1, 0.15) is 36.8 Å². The van der Waals surface area contributed by atoms with E-state index >= 15 is 0 Å². The molecule has 1 saturated carbocycles. The summed E-state index contributed by atoms with van der Waals surface area (Å²) in [6.07, 6.45) is 0.0520. The summed E-state index contributed by atoms with van der Waals surface area (Å²) in [6.45, 7) is 1.85. The fourth-order valence-corrected chi connectivity index (χ4v) is 2.92. The molecule has 0 amide bonds.